The maximum atomic E-state index is 11.0. The Morgan fingerprint density at radius 2 is 1.85 bits per heavy atom. The molecule has 3 nitrogen and oxygen atoms in total. The number of aromatic amines is 1. The summed E-state index contributed by atoms with van der Waals surface area (Å²) in [6.07, 6.45) is 0. The lowest BCUT2D eigenvalue weighted by Gasteiger charge is -2.11. The van der Waals surface area contributed by atoms with Gasteiger partial charge in [-0.2, -0.15) is 0 Å². The average Bonchev–Trinajstić information content (AvgIpc) is 2.06. The molecule has 0 fully saturated rings. The Kier molecular flexibility index (Phi) is 4.89. The second-order valence-electron chi connectivity index (χ2n) is 2.78. The van der Waals surface area contributed by atoms with Gasteiger partial charge in [0.1, 0.15) is 5.82 Å². The van der Waals surface area contributed by atoms with Crippen molar-refractivity contribution in [1.82, 2.24) is 4.98 Å². The van der Waals surface area contributed by atoms with E-state index in [4.69, 9.17) is 0 Å². The lowest BCUT2D eigenvalue weighted by Crippen LogP contribution is -2.14. The van der Waals surface area contributed by atoms with Crippen LogP contribution in [0.5, 0.6) is 0 Å². The number of anilines is 1. The number of aryl methyl sites for hydroxylation is 1. The van der Waals surface area contributed by atoms with Gasteiger partial charge >= 0.3 is 0 Å². The molecule has 76 valence electrons. The van der Waals surface area contributed by atoms with Crippen molar-refractivity contribution >= 4 is 5.82 Å². The van der Waals surface area contributed by atoms with Gasteiger partial charge in [0, 0.05) is 33.3 Å². The van der Waals surface area contributed by atoms with Gasteiger partial charge < -0.3 is 9.88 Å². The van der Waals surface area contributed by atoms with Gasteiger partial charge in [0.15, 0.2) is 5.43 Å². The van der Waals surface area contributed by atoms with E-state index >= 15 is 0 Å². The highest BCUT2D eigenvalue weighted by molar-refractivity contribution is 5.36. The van der Waals surface area contributed by atoms with E-state index in [9.17, 15) is 4.79 Å². The van der Waals surface area contributed by atoms with Gasteiger partial charge in [-0.25, -0.2) is 0 Å². The van der Waals surface area contributed by atoms with Crippen LogP contribution in [0.3, 0.4) is 0 Å². The molecule has 0 unspecified atom stereocenters. The SMILES string of the molecule is CC.Cc1cc(=O)cc(N(C)C)[nH]1.[HH]. The Hall–Kier alpha value is -1.25. The maximum absolute atomic E-state index is 11.0. The molecule has 0 aliphatic heterocycles. The van der Waals surface area contributed by atoms with E-state index in [2.05, 4.69) is 4.98 Å². The molecular weight excluding hydrogens is 164 g/mol. The van der Waals surface area contributed by atoms with E-state index in [1.807, 2.05) is 39.8 Å². The third-order valence-corrected chi connectivity index (χ3v) is 1.44. The summed E-state index contributed by atoms with van der Waals surface area (Å²) in [5, 5.41) is 0. The molecule has 0 atom stereocenters. The minimum Gasteiger partial charge on any atom is -0.364 e. The Morgan fingerprint density at radius 1 is 1.31 bits per heavy atom. The molecule has 0 aromatic carbocycles. The molecule has 1 N–H and O–H groups in total. The van der Waals surface area contributed by atoms with Crippen molar-refractivity contribution in [3.63, 3.8) is 0 Å². The number of H-pyrrole nitrogens is 1. The number of nitrogens with zero attached hydrogens (tertiary/aromatic N) is 1. The van der Waals surface area contributed by atoms with Gasteiger partial charge in [0.25, 0.3) is 0 Å². The smallest absolute Gasteiger partial charge is 0.183 e. The fraction of sp³-hybridized carbons (Fsp3) is 0.500. The van der Waals surface area contributed by atoms with Crippen LogP contribution >= 0.6 is 0 Å². The molecule has 0 saturated carbocycles. The van der Waals surface area contributed by atoms with Crippen LogP contribution in [0.1, 0.15) is 21.0 Å². The molecule has 1 aromatic rings. The summed E-state index contributed by atoms with van der Waals surface area (Å²) in [6.45, 7) is 5.87. The molecule has 3 heteroatoms. The third-order valence-electron chi connectivity index (χ3n) is 1.44. The number of hydrogen-bond acceptors (Lipinski definition) is 2. The zero-order valence-corrected chi connectivity index (χ0v) is 9.01. The maximum Gasteiger partial charge on any atom is 0.183 e. The zero-order chi connectivity index (χ0) is 10.4. The van der Waals surface area contributed by atoms with Gasteiger partial charge in [0.2, 0.25) is 0 Å². The van der Waals surface area contributed by atoms with Crippen LogP contribution in [0, 0.1) is 6.92 Å². The monoisotopic (exact) mass is 184 g/mol. The third kappa shape index (κ3) is 3.78. The number of nitrogens with one attached hydrogen (secondary N) is 1. The average molecular weight is 184 g/mol. The minimum atomic E-state index is 0. The predicted molar refractivity (Wildman–Crippen MR) is 59.6 cm³/mol. The lowest BCUT2D eigenvalue weighted by molar-refractivity contribution is 1.04. The van der Waals surface area contributed by atoms with Crippen molar-refractivity contribution in [3.8, 4) is 0 Å². The first-order chi connectivity index (χ1) is 6.09. The normalized spacial score (nSPS) is 8.69. The summed E-state index contributed by atoms with van der Waals surface area (Å²) in [5.74, 6) is 0.843. The summed E-state index contributed by atoms with van der Waals surface area (Å²) in [5.41, 5.74) is 0.936. The Balaban J connectivity index is 0. The van der Waals surface area contributed by atoms with Crippen molar-refractivity contribution in [3.05, 3.63) is 28.0 Å². The van der Waals surface area contributed by atoms with Gasteiger partial charge in [0.05, 0.1) is 0 Å². The summed E-state index contributed by atoms with van der Waals surface area (Å²) < 4.78 is 0. The van der Waals surface area contributed by atoms with Crippen LogP contribution in [0.2, 0.25) is 0 Å². The van der Waals surface area contributed by atoms with E-state index in [-0.39, 0.29) is 6.86 Å². The summed E-state index contributed by atoms with van der Waals surface area (Å²) in [6, 6.07) is 3.15. The van der Waals surface area contributed by atoms with Crippen LogP contribution in [0.4, 0.5) is 5.82 Å². The molecule has 0 amide bonds. The molecule has 0 saturated heterocycles. The van der Waals surface area contributed by atoms with Crippen LogP contribution < -0.4 is 10.3 Å². The predicted octanol–water partition coefficient (Wildman–Crippen LogP) is 2.02. The van der Waals surface area contributed by atoms with Crippen molar-refractivity contribution < 1.29 is 1.43 Å². The molecule has 0 aliphatic carbocycles. The van der Waals surface area contributed by atoms with Crippen LogP contribution in [-0.2, 0) is 0 Å². The van der Waals surface area contributed by atoms with Crippen molar-refractivity contribution in [2.75, 3.05) is 19.0 Å². The summed E-state index contributed by atoms with van der Waals surface area (Å²) >= 11 is 0. The Labute approximate surface area is 80.9 Å². The fourth-order valence-corrected chi connectivity index (χ4v) is 0.905. The van der Waals surface area contributed by atoms with Crippen LogP contribution in [-0.4, -0.2) is 19.1 Å². The van der Waals surface area contributed by atoms with Crippen molar-refractivity contribution in [2.24, 2.45) is 0 Å². The van der Waals surface area contributed by atoms with E-state index < -0.39 is 0 Å². The largest absolute Gasteiger partial charge is 0.364 e. The standard InChI is InChI=1S/C8H12N2O.C2H6.H2/c1-6-4-7(11)5-8(9-6)10(2)3;1-2;/h4-5H,1-3H3,(H,9,11);1-2H3;1H. The molecule has 0 aliphatic rings. The molecule has 1 rings (SSSR count). The van der Waals surface area contributed by atoms with Crippen LogP contribution in [0.25, 0.3) is 0 Å². The van der Waals surface area contributed by atoms with Gasteiger partial charge in [-0.1, -0.05) is 13.8 Å². The van der Waals surface area contributed by atoms with Gasteiger partial charge in [-0.05, 0) is 6.92 Å². The second-order valence-corrected chi connectivity index (χ2v) is 2.78. The highest BCUT2D eigenvalue weighted by Gasteiger charge is 1.96. The zero-order valence-electron chi connectivity index (χ0n) is 9.01. The lowest BCUT2D eigenvalue weighted by atomic mass is 10.3. The molecule has 0 spiro atoms. The van der Waals surface area contributed by atoms with E-state index in [1.165, 1.54) is 0 Å². The topological polar surface area (TPSA) is 36.1 Å². The number of rotatable bonds is 1. The molecular formula is C10H20N2O. The van der Waals surface area contributed by atoms with Gasteiger partial charge in [-0.3, -0.25) is 4.79 Å². The molecule has 0 radical (unpaired) electrons. The highest BCUT2D eigenvalue weighted by atomic mass is 16.1. The van der Waals surface area contributed by atoms with E-state index in [1.54, 1.807) is 12.1 Å². The first-order valence-corrected chi connectivity index (χ1v) is 4.48. The highest BCUT2D eigenvalue weighted by Crippen LogP contribution is 2.02. The molecule has 0 bridgehead atoms. The second kappa shape index (κ2) is 5.41. The molecule has 1 aromatic heterocycles. The number of pyridine rings is 1. The minimum absolute atomic E-state index is 0. The van der Waals surface area contributed by atoms with E-state index in [0.717, 1.165) is 11.5 Å². The first kappa shape index (κ1) is 11.8. The number of hydrogen-bond donors (Lipinski definition) is 1. The summed E-state index contributed by atoms with van der Waals surface area (Å²) in [7, 11) is 3.79. The van der Waals surface area contributed by atoms with Crippen LogP contribution in [0.15, 0.2) is 16.9 Å². The number of aromatic nitrogens is 1. The Morgan fingerprint density at radius 3 is 2.23 bits per heavy atom. The van der Waals surface area contributed by atoms with E-state index in [0.29, 0.717) is 0 Å². The molecule has 13 heavy (non-hydrogen) atoms. The Bertz CT molecular complexity index is 307. The first-order valence-electron chi connectivity index (χ1n) is 4.48. The summed E-state index contributed by atoms with van der Waals surface area (Å²) in [4.78, 5) is 15.9. The molecule has 1 heterocycles. The van der Waals surface area contributed by atoms with Crippen molar-refractivity contribution in [1.29, 1.82) is 0 Å². The fourth-order valence-electron chi connectivity index (χ4n) is 0.905. The quantitative estimate of drug-likeness (QED) is 0.725. The van der Waals surface area contributed by atoms with Gasteiger partial charge in [-0.15, -0.1) is 0 Å². The van der Waals surface area contributed by atoms with Crippen molar-refractivity contribution in [2.45, 2.75) is 20.8 Å².